The summed E-state index contributed by atoms with van der Waals surface area (Å²) < 4.78 is 10.1. The Morgan fingerprint density at radius 1 is 1.13 bits per heavy atom. The number of imide groups is 1. The van der Waals surface area contributed by atoms with Gasteiger partial charge in [-0.25, -0.2) is 0 Å². The molecule has 0 aliphatic carbocycles. The predicted molar refractivity (Wildman–Crippen MR) is 109 cm³/mol. The number of nitrogens with zero attached hydrogens (tertiary/aromatic N) is 2. The van der Waals surface area contributed by atoms with Crippen molar-refractivity contribution in [2.45, 2.75) is 6.61 Å². The first kappa shape index (κ1) is 21.1. The summed E-state index contributed by atoms with van der Waals surface area (Å²) in [6.07, 6.45) is 1.56. The average Bonchev–Trinajstić information content (AvgIpc) is 3.00. The van der Waals surface area contributed by atoms with Gasteiger partial charge in [-0.2, -0.15) is 0 Å². The van der Waals surface area contributed by atoms with Crippen LogP contribution >= 0.6 is 11.8 Å². The number of rotatable bonds is 7. The SMILES string of the molecule is COC(=O)CN1C(=O)SC(=Cc2ccc(OCc3ccc([N+](=O)[O-])cc3)cc2)C1=O. The topological polar surface area (TPSA) is 116 Å². The molecule has 0 saturated carbocycles. The number of hydrogen-bond donors (Lipinski definition) is 0. The smallest absolute Gasteiger partial charge is 0.325 e. The molecular weight excluding hydrogens is 412 g/mol. The molecule has 3 rings (SSSR count). The number of amides is 2. The average molecular weight is 428 g/mol. The second-order valence-corrected chi connectivity index (χ2v) is 7.12. The Morgan fingerprint density at radius 2 is 1.80 bits per heavy atom. The molecule has 0 spiro atoms. The Bertz CT molecular complexity index is 1020. The third kappa shape index (κ3) is 5.03. The molecule has 30 heavy (non-hydrogen) atoms. The van der Waals surface area contributed by atoms with E-state index in [0.717, 1.165) is 22.2 Å². The van der Waals surface area contributed by atoms with Gasteiger partial charge in [0.1, 0.15) is 18.9 Å². The number of carbonyl (C=O) groups is 3. The van der Waals surface area contributed by atoms with Crippen LogP contribution in [-0.4, -0.2) is 40.6 Å². The number of hydrogen-bond acceptors (Lipinski definition) is 8. The van der Waals surface area contributed by atoms with E-state index in [1.807, 2.05) is 0 Å². The maximum Gasteiger partial charge on any atom is 0.325 e. The third-order valence-electron chi connectivity index (χ3n) is 4.12. The number of nitro benzene ring substituents is 1. The normalized spacial score (nSPS) is 14.8. The van der Waals surface area contributed by atoms with E-state index in [0.29, 0.717) is 11.3 Å². The fourth-order valence-electron chi connectivity index (χ4n) is 2.52. The van der Waals surface area contributed by atoms with Crippen LogP contribution in [0.4, 0.5) is 10.5 Å². The van der Waals surface area contributed by atoms with Crippen LogP contribution in [0.5, 0.6) is 5.75 Å². The van der Waals surface area contributed by atoms with E-state index in [1.165, 1.54) is 19.2 Å². The van der Waals surface area contributed by atoms with E-state index >= 15 is 0 Å². The molecule has 0 N–H and O–H groups in total. The Labute approximate surface area is 175 Å². The van der Waals surface area contributed by atoms with Crippen molar-refractivity contribution in [2.24, 2.45) is 0 Å². The first-order valence-corrected chi connectivity index (χ1v) is 9.47. The molecule has 1 heterocycles. The van der Waals surface area contributed by atoms with Gasteiger partial charge >= 0.3 is 5.97 Å². The minimum atomic E-state index is -0.673. The van der Waals surface area contributed by atoms with Gasteiger partial charge in [-0.1, -0.05) is 12.1 Å². The van der Waals surface area contributed by atoms with Crippen LogP contribution in [0.2, 0.25) is 0 Å². The molecule has 1 saturated heterocycles. The van der Waals surface area contributed by atoms with E-state index in [4.69, 9.17) is 4.74 Å². The highest BCUT2D eigenvalue weighted by Crippen LogP contribution is 2.32. The monoisotopic (exact) mass is 428 g/mol. The van der Waals surface area contributed by atoms with Gasteiger partial charge in [-0.15, -0.1) is 0 Å². The Hall–Kier alpha value is -3.66. The maximum absolute atomic E-state index is 12.3. The van der Waals surface area contributed by atoms with Gasteiger partial charge in [0.05, 0.1) is 16.9 Å². The van der Waals surface area contributed by atoms with Gasteiger partial charge < -0.3 is 9.47 Å². The van der Waals surface area contributed by atoms with Crippen molar-refractivity contribution in [1.29, 1.82) is 0 Å². The van der Waals surface area contributed by atoms with Gasteiger partial charge in [0, 0.05) is 12.1 Å². The van der Waals surface area contributed by atoms with E-state index in [9.17, 15) is 24.5 Å². The van der Waals surface area contributed by atoms with E-state index in [2.05, 4.69) is 4.74 Å². The van der Waals surface area contributed by atoms with Crippen molar-refractivity contribution in [3.63, 3.8) is 0 Å². The fourth-order valence-corrected chi connectivity index (χ4v) is 3.36. The van der Waals surface area contributed by atoms with E-state index in [1.54, 1.807) is 42.5 Å². The molecule has 1 aliphatic heterocycles. The lowest BCUT2D eigenvalue weighted by molar-refractivity contribution is -0.384. The molecule has 0 bridgehead atoms. The third-order valence-corrected chi connectivity index (χ3v) is 5.03. The van der Waals surface area contributed by atoms with Crippen molar-refractivity contribution in [1.82, 2.24) is 4.90 Å². The molecule has 154 valence electrons. The summed E-state index contributed by atoms with van der Waals surface area (Å²) in [7, 11) is 1.18. The largest absolute Gasteiger partial charge is 0.489 e. The number of thioether (sulfide) groups is 1. The Morgan fingerprint density at radius 3 is 2.40 bits per heavy atom. The molecule has 10 heteroatoms. The maximum atomic E-state index is 12.3. The zero-order chi connectivity index (χ0) is 21.7. The molecule has 2 aromatic rings. The fraction of sp³-hybridized carbons (Fsp3) is 0.150. The number of esters is 1. The van der Waals surface area contributed by atoms with Crippen molar-refractivity contribution in [2.75, 3.05) is 13.7 Å². The van der Waals surface area contributed by atoms with Crippen LogP contribution in [0.15, 0.2) is 53.4 Å². The quantitative estimate of drug-likeness (QED) is 0.285. The summed E-state index contributed by atoms with van der Waals surface area (Å²) in [6.45, 7) is -0.183. The minimum Gasteiger partial charge on any atom is -0.489 e. The van der Waals surface area contributed by atoms with Gasteiger partial charge in [-0.3, -0.25) is 29.4 Å². The molecule has 0 radical (unpaired) electrons. The first-order chi connectivity index (χ1) is 14.4. The summed E-state index contributed by atoms with van der Waals surface area (Å²) in [5, 5.41) is 10.1. The lowest BCUT2D eigenvalue weighted by Gasteiger charge is -2.09. The van der Waals surface area contributed by atoms with Crippen molar-refractivity contribution in [3.8, 4) is 5.75 Å². The van der Waals surface area contributed by atoms with Gasteiger partial charge in [0.2, 0.25) is 0 Å². The molecule has 0 unspecified atom stereocenters. The summed E-state index contributed by atoms with van der Waals surface area (Å²) in [5.41, 5.74) is 1.48. The summed E-state index contributed by atoms with van der Waals surface area (Å²) >= 11 is 0.756. The molecule has 9 nitrogen and oxygen atoms in total. The number of ether oxygens (including phenoxy) is 2. The standard InChI is InChI=1S/C20H16N2O7S/c1-28-18(23)11-21-19(24)17(30-20(21)25)10-13-4-8-16(9-5-13)29-12-14-2-6-15(7-3-14)22(26)27/h2-10H,11-12H2,1H3. The highest BCUT2D eigenvalue weighted by Gasteiger charge is 2.36. The van der Waals surface area contributed by atoms with Gasteiger partial charge in [0.25, 0.3) is 16.8 Å². The van der Waals surface area contributed by atoms with Crippen LogP contribution in [0, 0.1) is 10.1 Å². The molecule has 0 aromatic heterocycles. The van der Waals surface area contributed by atoms with Crippen molar-refractivity contribution >= 4 is 40.6 Å². The number of carbonyl (C=O) groups excluding carboxylic acids is 3. The Kier molecular flexibility index (Phi) is 6.48. The zero-order valence-electron chi connectivity index (χ0n) is 15.8. The second kappa shape index (κ2) is 9.23. The molecule has 0 atom stereocenters. The van der Waals surface area contributed by atoms with Crippen LogP contribution in [0.1, 0.15) is 11.1 Å². The second-order valence-electron chi connectivity index (χ2n) is 6.13. The van der Waals surface area contributed by atoms with Crippen molar-refractivity contribution in [3.05, 3.63) is 74.7 Å². The number of nitro groups is 1. The number of non-ortho nitro benzene ring substituents is 1. The van der Waals surface area contributed by atoms with Gasteiger partial charge in [0.15, 0.2) is 0 Å². The number of methoxy groups -OCH3 is 1. The van der Waals surface area contributed by atoms with Crippen LogP contribution in [0.3, 0.4) is 0 Å². The minimum absolute atomic E-state index is 0.0131. The lowest BCUT2D eigenvalue weighted by Crippen LogP contribution is -2.34. The lowest BCUT2D eigenvalue weighted by atomic mass is 10.2. The first-order valence-electron chi connectivity index (χ1n) is 8.66. The van der Waals surface area contributed by atoms with Gasteiger partial charge in [-0.05, 0) is 53.2 Å². The summed E-state index contributed by atoms with van der Waals surface area (Å²) in [4.78, 5) is 46.8. The van der Waals surface area contributed by atoms with Crippen LogP contribution in [0.25, 0.3) is 6.08 Å². The summed E-state index contributed by atoms with van der Waals surface area (Å²) in [6, 6.07) is 12.9. The molecule has 2 aromatic carbocycles. The summed E-state index contributed by atoms with van der Waals surface area (Å²) in [5.74, 6) is -0.647. The predicted octanol–water partition coefficient (Wildman–Crippen LogP) is 3.38. The van der Waals surface area contributed by atoms with E-state index < -0.39 is 28.6 Å². The van der Waals surface area contributed by atoms with E-state index in [-0.39, 0.29) is 17.2 Å². The number of benzene rings is 2. The molecular formula is C20H16N2O7S. The Balaban J connectivity index is 1.61. The molecule has 1 fully saturated rings. The highest BCUT2D eigenvalue weighted by molar-refractivity contribution is 8.18. The molecule has 2 amide bonds. The zero-order valence-corrected chi connectivity index (χ0v) is 16.6. The highest BCUT2D eigenvalue weighted by atomic mass is 32.2. The van der Waals surface area contributed by atoms with Crippen molar-refractivity contribution < 1.29 is 28.8 Å². The van der Waals surface area contributed by atoms with Crippen LogP contribution in [-0.2, 0) is 20.9 Å². The van der Waals surface area contributed by atoms with Crippen LogP contribution < -0.4 is 4.74 Å². The molecule has 1 aliphatic rings.